The molecule has 0 aliphatic heterocycles. The van der Waals surface area contributed by atoms with Crippen LogP contribution in [0.5, 0.6) is 0 Å². The number of Topliss-reactive ketones (excluding diaryl/α,β-unsaturated/α-hetero) is 1. The lowest BCUT2D eigenvalue weighted by Gasteiger charge is -2.38. The van der Waals surface area contributed by atoms with Gasteiger partial charge in [0.2, 0.25) is 0 Å². The van der Waals surface area contributed by atoms with Crippen molar-refractivity contribution in [3.05, 3.63) is 35.4 Å². The van der Waals surface area contributed by atoms with Crippen molar-refractivity contribution in [3.63, 3.8) is 0 Å². The summed E-state index contributed by atoms with van der Waals surface area (Å²) >= 11 is 0. The summed E-state index contributed by atoms with van der Waals surface area (Å²) in [6.07, 6.45) is 17.3. The first-order valence-electron chi connectivity index (χ1n) is 11.3. The molecule has 0 unspecified atom stereocenters. The zero-order chi connectivity index (χ0) is 18.4. The molecule has 0 amide bonds. The van der Waals surface area contributed by atoms with E-state index in [9.17, 15) is 4.79 Å². The van der Waals surface area contributed by atoms with Crippen LogP contribution >= 0.6 is 0 Å². The number of hydrogen-bond acceptors (Lipinski definition) is 1. The van der Waals surface area contributed by atoms with Gasteiger partial charge in [-0.25, -0.2) is 0 Å². The Morgan fingerprint density at radius 3 is 1.96 bits per heavy atom. The minimum atomic E-state index is 0.172. The fraction of sp³-hybridized carbons (Fsp3) is 0.720. The van der Waals surface area contributed by atoms with E-state index in [4.69, 9.17) is 0 Å². The van der Waals surface area contributed by atoms with Gasteiger partial charge in [0.15, 0.2) is 5.78 Å². The summed E-state index contributed by atoms with van der Waals surface area (Å²) in [6.45, 7) is 3.96. The minimum Gasteiger partial charge on any atom is -0.295 e. The molecule has 1 nitrogen and oxygen atoms in total. The molecular formula is C25H38O. The standard InChI is InChI=1S/C25H38O/c1-3-4-5-6-20-7-9-22(10-8-20)24-15-17-25(18-16-24)23-13-11-21(12-14-23)19(2)26/h11-14,20,22,24-25H,3-10,15-18H2,1-2H3/t20-,22-,24-,25-. The molecule has 3 rings (SSSR count). The molecule has 2 fully saturated rings. The van der Waals surface area contributed by atoms with Gasteiger partial charge in [-0.2, -0.15) is 0 Å². The lowest BCUT2D eigenvalue weighted by Crippen LogP contribution is -2.25. The first-order valence-corrected chi connectivity index (χ1v) is 11.3. The lowest BCUT2D eigenvalue weighted by molar-refractivity contribution is 0.101. The molecular weight excluding hydrogens is 316 g/mol. The summed E-state index contributed by atoms with van der Waals surface area (Å²) in [5.74, 6) is 3.93. The van der Waals surface area contributed by atoms with Crippen molar-refractivity contribution >= 4 is 5.78 Å². The van der Waals surface area contributed by atoms with E-state index in [1.165, 1.54) is 82.6 Å². The van der Waals surface area contributed by atoms with E-state index in [0.717, 1.165) is 29.2 Å². The second-order valence-electron chi connectivity index (χ2n) is 9.07. The van der Waals surface area contributed by atoms with Gasteiger partial charge in [0.1, 0.15) is 0 Å². The van der Waals surface area contributed by atoms with Gasteiger partial charge in [-0.1, -0.05) is 69.7 Å². The first-order chi connectivity index (χ1) is 12.7. The zero-order valence-corrected chi connectivity index (χ0v) is 17.0. The van der Waals surface area contributed by atoms with Gasteiger partial charge in [0.05, 0.1) is 0 Å². The lowest BCUT2D eigenvalue weighted by atomic mass is 9.68. The number of hydrogen-bond donors (Lipinski definition) is 0. The summed E-state index contributed by atoms with van der Waals surface area (Å²) in [7, 11) is 0. The van der Waals surface area contributed by atoms with Crippen LogP contribution in [-0.4, -0.2) is 5.78 Å². The van der Waals surface area contributed by atoms with Crippen molar-refractivity contribution in [2.24, 2.45) is 17.8 Å². The number of rotatable bonds is 7. The maximum Gasteiger partial charge on any atom is 0.159 e. The largest absolute Gasteiger partial charge is 0.295 e. The van der Waals surface area contributed by atoms with Crippen LogP contribution in [-0.2, 0) is 0 Å². The van der Waals surface area contributed by atoms with Gasteiger partial charge in [-0.15, -0.1) is 0 Å². The Labute approximate surface area is 161 Å². The monoisotopic (exact) mass is 354 g/mol. The van der Waals surface area contributed by atoms with Crippen molar-refractivity contribution in [1.82, 2.24) is 0 Å². The van der Waals surface area contributed by atoms with Crippen LogP contribution in [0.1, 0.15) is 113 Å². The Hall–Kier alpha value is -1.11. The normalized spacial score (nSPS) is 29.5. The summed E-state index contributed by atoms with van der Waals surface area (Å²) in [5, 5.41) is 0. The Kier molecular flexibility index (Phi) is 7.34. The van der Waals surface area contributed by atoms with Gasteiger partial charge in [-0.05, 0) is 74.7 Å². The smallest absolute Gasteiger partial charge is 0.159 e. The molecule has 1 aromatic rings. The van der Waals surface area contributed by atoms with E-state index in [1.54, 1.807) is 6.92 Å². The minimum absolute atomic E-state index is 0.172. The molecule has 0 atom stereocenters. The fourth-order valence-corrected chi connectivity index (χ4v) is 5.55. The predicted octanol–water partition coefficient (Wildman–Crippen LogP) is 7.55. The van der Waals surface area contributed by atoms with E-state index in [-0.39, 0.29) is 5.78 Å². The molecule has 0 spiro atoms. The third-order valence-corrected chi connectivity index (χ3v) is 7.33. The first kappa shape index (κ1) is 19.6. The molecule has 1 aromatic carbocycles. The molecule has 26 heavy (non-hydrogen) atoms. The van der Waals surface area contributed by atoms with Crippen LogP contribution < -0.4 is 0 Å². The van der Waals surface area contributed by atoms with Crippen LogP contribution in [0, 0.1) is 17.8 Å². The second kappa shape index (κ2) is 9.72. The number of unbranched alkanes of at least 4 members (excludes halogenated alkanes) is 2. The highest BCUT2D eigenvalue weighted by Gasteiger charge is 2.31. The van der Waals surface area contributed by atoms with Gasteiger partial charge in [0, 0.05) is 5.56 Å². The number of benzene rings is 1. The van der Waals surface area contributed by atoms with Gasteiger partial charge >= 0.3 is 0 Å². The molecule has 0 aromatic heterocycles. The molecule has 0 heterocycles. The van der Waals surface area contributed by atoms with E-state index < -0.39 is 0 Å². The second-order valence-corrected chi connectivity index (χ2v) is 9.07. The van der Waals surface area contributed by atoms with Gasteiger partial charge in [-0.3, -0.25) is 4.79 Å². The maximum absolute atomic E-state index is 11.4. The SMILES string of the molecule is CCCCC[C@H]1CC[C@H]([C@H]2CC[C@H](c3ccc(C(C)=O)cc3)CC2)CC1. The zero-order valence-electron chi connectivity index (χ0n) is 17.0. The average molecular weight is 355 g/mol. The van der Waals surface area contributed by atoms with Crippen LogP contribution in [0.3, 0.4) is 0 Å². The van der Waals surface area contributed by atoms with Crippen LogP contribution in [0.4, 0.5) is 0 Å². The molecule has 0 saturated heterocycles. The molecule has 0 N–H and O–H groups in total. The summed E-state index contributed by atoms with van der Waals surface area (Å²) < 4.78 is 0. The van der Waals surface area contributed by atoms with Crippen molar-refractivity contribution in [2.45, 2.75) is 96.8 Å². The molecule has 1 heteroatoms. The van der Waals surface area contributed by atoms with Crippen molar-refractivity contribution in [1.29, 1.82) is 0 Å². The number of ketones is 1. The third kappa shape index (κ3) is 5.21. The van der Waals surface area contributed by atoms with Gasteiger partial charge < -0.3 is 0 Å². The van der Waals surface area contributed by atoms with Crippen molar-refractivity contribution < 1.29 is 4.79 Å². The maximum atomic E-state index is 11.4. The van der Waals surface area contributed by atoms with E-state index in [1.807, 2.05) is 12.1 Å². The van der Waals surface area contributed by atoms with Crippen molar-refractivity contribution in [3.8, 4) is 0 Å². The Bertz CT molecular complexity index is 542. The molecule has 2 saturated carbocycles. The van der Waals surface area contributed by atoms with Crippen LogP contribution in [0.2, 0.25) is 0 Å². The molecule has 144 valence electrons. The fourth-order valence-electron chi connectivity index (χ4n) is 5.55. The average Bonchev–Trinajstić information content (AvgIpc) is 2.69. The summed E-state index contributed by atoms with van der Waals surface area (Å²) in [6, 6.07) is 8.43. The highest BCUT2D eigenvalue weighted by atomic mass is 16.1. The highest BCUT2D eigenvalue weighted by Crippen LogP contribution is 2.44. The van der Waals surface area contributed by atoms with E-state index >= 15 is 0 Å². The topological polar surface area (TPSA) is 17.1 Å². The molecule has 0 radical (unpaired) electrons. The number of carbonyl (C=O) groups is 1. The van der Waals surface area contributed by atoms with E-state index in [2.05, 4.69) is 19.1 Å². The quantitative estimate of drug-likeness (QED) is 0.365. The van der Waals surface area contributed by atoms with Crippen LogP contribution in [0.25, 0.3) is 0 Å². The van der Waals surface area contributed by atoms with E-state index in [0.29, 0.717) is 0 Å². The predicted molar refractivity (Wildman–Crippen MR) is 111 cm³/mol. The summed E-state index contributed by atoms with van der Waals surface area (Å²) in [4.78, 5) is 11.4. The summed E-state index contributed by atoms with van der Waals surface area (Å²) in [5.41, 5.74) is 2.30. The highest BCUT2D eigenvalue weighted by molar-refractivity contribution is 5.94. The van der Waals surface area contributed by atoms with Crippen LogP contribution in [0.15, 0.2) is 24.3 Å². The number of carbonyl (C=O) groups excluding carboxylic acids is 1. The Balaban J connectivity index is 1.42. The van der Waals surface area contributed by atoms with Gasteiger partial charge in [0.25, 0.3) is 0 Å². The molecule has 2 aliphatic rings. The molecule has 2 aliphatic carbocycles. The molecule has 0 bridgehead atoms. The Morgan fingerprint density at radius 2 is 1.42 bits per heavy atom. The van der Waals surface area contributed by atoms with Crippen molar-refractivity contribution in [2.75, 3.05) is 0 Å². The Morgan fingerprint density at radius 1 is 0.846 bits per heavy atom. The third-order valence-electron chi connectivity index (χ3n) is 7.33.